The van der Waals surface area contributed by atoms with Gasteiger partial charge in [-0.3, -0.25) is 0 Å². The standard InChI is InChI=1S/C19H15N5O/c1-3-7-14(8-4-1)13-20-17-12-11-16(22-23-17)19-21-18(24-25-19)15-9-5-2-6-10-15/h1-12H,13H2,(H,20,23). The predicted octanol–water partition coefficient (Wildman–Crippen LogP) is 3.81. The van der Waals surface area contributed by atoms with E-state index in [0.29, 0.717) is 29.8 Å². The summed E-state index contributed by atoms with van der Waals surface area (Å²) in [6.45, 7) is 0.688. The van der Waals surface area contributed by atoms with E-state index in [9.17, 15) is 0 Å². The van der Waals surface area contributed by atoms with Crippen molar-refractivity contribution in [1.29, 1.82) is 0 Å². The van der Waals surface area contributed by atoms with E-state index < -0.39 is 0 Å². The second kappa shape index (κ2) is 6.92. The average molecular weight is 329 g/mol. The van der Waals surface area contributed by atoms with Gasteiger partial charge in [-0.2, -0.15) is 4.98 Å². The molecule has 0 saturated heterocycles. The van der Waals surface area contributed by atoms with Crippen molar-refractivity contribution >= 4 is 5.82 Å². The highest BCUT2D eigenvalue weighted by molar-refractivity contribution is 5.57. The first kappa shape index (κ1) is 15.0. The number of hydrogen-bond acceptors (Lipinski definition) is 6. The van der Waals surface area contributed by atoms with Gasteiger partial charge in [-0.25, -0.2) is 0 Å². The van der Waals surface area contributed by atoms with Crippen LogP contribution in [0.1, 0.15) is 5.56 Å². The van der Waals surface area contributed by atoms with Crippen LogP contribution in [0.15, 0.2) is 77.3 Å². The lowest BCUT2D eigenvalue weighted by atomic mass is 10.2. The van der Waals surface area contributed by atoms with Crippen LogP contribution in [-0.4, -0.2) is 20.3 Å². The third-order valence-corrected chi connectivity index (χ3v) is 3.66. The maximum absolute atomic E-state index is 5.29. The molecule has 2 aromatic heterocycles. The lowest BCUT2D eigenvalue weighted by molar-refractivity contribution is 0.430. The molecule has 2 aromatic carbocycles. The molecule has 2 heterocycles. The second-order valence-corrected chi connectivity index (χ2v) is 5.43. The van der Waals surface area contributed by atoms with Crippen molar-refractivity contribution in [3.05, 3.63) is 78.4 Å². The summed E-state index contributed by atoms with van der Waals surface area (Å²) in [5, 5.41) is 15.5. The molecule has 0 bridgehead atoms. The molecule has 6 heteroatoms. The maximum atomic E-state index is 5.29. The summed E-state index contributed by atoms with van der Waals surface area (Å²) >= 11 is 0. The molecule has 0 aliphatic heterocycles. The zero-order chi connectivity index (χ0) is 16.9. The van der Waals surface area contributed by atoms with Crippen molar-refractivity contribution in [2.24, 2.45) is 0 Å². The zero-order valence-corrected chi connectivity index (χ0v) is 13.3. The van der Waals surface area contributed by atoms with Gasteiger partial charge in [0, 0.05) is 12.1 Å². The molecule has 122 valence electrons. The van der Waals surface area contributed by atoms with E-state index in [1.165, 1.54) is 5.56 Å². The maximum Gasteiger partial charge on any atom is 0.278 e. The van der Waals surface area contributed by atoms with Gasteiger partial charge in [0.2, 0.25) is 5.82 Å². The Morgan fingerprint density at radius 1 is 0.800 bits per heavy atom. The summed E-state index contributed by atoms with van der Waals surface area (Å²) in [6, 6.07) is 23.4. The summed E-state index contributed by atoms with van der Waals surface area (Å²) in [6.07, 6.45) is 0. The lowest BCUT2D eigenvalue weighted by Crippen LogP contribution is -2.02. The van der Waals surface area contributed by atoms with Crippen LogP contribution in [0.2, 0.25) is 0 Å². The minimum absolute atomic E-state index is 0.348. The SMILES string of the molecule is c1ccc(CNc2ccc(-c3nc(-c4ccccc4)no3)nn2)cc1. The van der Waals surface area contributed by atoms with E-state index in [2.05, 4.69) is 37.8 Å². The second-order valence-electron chi connectivity index (χ2n) is 5.43. The number of nitrogens with zero attached hydrogens (tertiary/aromatic N) is 4. The van der Waals surface area contributed by atoms with Gasteiger partial charge in [-0.05, 0) is 17.7 Å². The van der Waals surface area contributed by atoms with Crippen molar-refractivity contribution in [2.75, 3.05) is 5.32 Å². The summed E-state index contributed by atoms with van der Waals surface area (Å²) in [7, 11) is 0. The number of benzene rings is 2. The Balaban J connectivity index is 1.46. The molecule has 0 aliphatic carbocycles. The van der Waals surface area contributed by atoms with E-state index in [1.807, 2.05) is 60.7 Å². The Morgan fingerprint density at radius 3 is 2.28 bits per heavy atom. The minimum atomic E-state index is 0.348. The molecule has 0 spiro atoms. The highest BCUT2D eigenvalue weighted by Gasteiger charge is 2.12. The van der Waals surface area contributed by atoms with Gasteiger partial charge >= 0.3 is 0 Å². The van der Waals surface area contributed by atoms with Gasteiger partial charge in [0.15, 0.2) is 5.69 Å². The Morgan fingerprint density at radius 2 is 1.56 bits per heavy atom. The highest BCUT2D eigenvalue weighted by Crippen LogP contribution is 2.20. The van der Waals surface area contributed by atoms with Gasteiger partial charge in [-0.1, -0.05) is 65.8 Å². The number of hydrogen-bond donors (Lipinski definition) is 1. The van der Waals surface area contributed by atoms with Crippen molar-refractivity contribution in [2.45, 2.75) is 6.54 Å². The number of nitrogens with one attached hydrogen (secondary N) is 1. The van der Waals surface area contributed by atoms with E-state index >= 15 is 0 Å². The molecule has 0 atom stereocenters. The van der Waals surface area contributed by atoms with Crippen molar-refractivity contribution in [1.82, 2.24) is 20.3 Å². The Labute approximate surface area is 144 Å². The van der Waals surface area contributed by atoms with E-state index in [1.54, 1.807) is 0 Å². The summed E-state index contributed by atoms with van der Waals surface area (Å²) < 4.78 is 5.29. The molecular formula is C19H15N5O. The van der Waals surface area contributed by atoms with Crippen molar-refractivity contribution < 1.29 is 4.52 Å². The zero-order valence-electron chi connectivity index (χ0n) is 13.3. The molecule has 0 fully saturated rings. The molecule has 0 radical (unpaired) electrons. The molecule has 0 saturated carbocycles. The molecule has 1 N–H and O–H groups in total. The summed E-state index contributed by atoms with van der Waals surface area (Å²) in [4.78, 5) is 4.37. The van der Waals surface area contributed by atoms with Gasteiger partial charge < -0.3 is 9.84 Å². The molecule has 4 rings (SSSR count). The van der Waals surface area contributed by atoms with Crippen LogP contribution >= 0.6 is 0 Å². The Bertz CT molecular complexity index is 936. The highest BCUT2D eigenvalue weighted by atomic mass is 16.5. The molecule has 6 nitrogen and oxygen atoms in total. The monoisotopic (exact) mass is 329 g/mol. The summed E-state index contributed by atoms with van der Waals surface area (Å²) in [5.74, 6) is 1.57. The van der Waals surface area contributed by atoms with Crippen LogP contribution in [0.3, 0.4) is 0 Å². The quantitative estimate of drug-likeness (QED) is 0.600. The topological polar surface area (TPSA) is 76.7 Å². The minimum Gasteiger partial charge on any atom is -0.365 e. The van der Waals surface area contributed by atoms with Crippen LogP contribution in [0.5, 0.6) is 0 Å². The van der Waals surface area contributed by atoms with E-state index in [-0.39, 0.29) is 0 Å². The van der Waals surface area contributed by atoms with Crippen molar-refractivity contribution in [3.63, 3.8) is 0 Å². The fraction of sp³-hybridized carbons (Fsp3) is 0.0526. The first-order valence-electron chi connectivity index (χ1n) is 7.89. The van der Waals surface area contributed by atoms with Gasteiger partial charge in [-0.15, -0.1) is 10.2 Å². The smallest absolute Gasteiger partial charge is 0.278 e. The average Bonchev–Trinajstić information content (AvgIpc) is 3.19. The number of aromatic nitrogens is 4. The fourth-order valence-electron chi connectivity index (χ4n) is 2.36. The van der Waals surface area contributed by atoms with Gasteiger partial charge in [0.1, 0.15) is 5.82 Å². The fourth-order valence-corrected chi connectivity index (χ4v) is 2.36. The Kier molecular flexibility index (Phi) is 4.16. The predicted molar refractivity (Wildman–Crippen MR) is 94.5 cm³/mol. The molecule has 0 unspecified atom stereocenters. The molecule has 0 amide bonds. The normalized spacial score (nSPS) is 10.6. The van der Waals surface area contributed by atoms with E-state index in [0.717, 1.165) is 5.56 Å². The lowest BCUT2D eigenvalue weighted by Gasteiger charge is -2.04. The largest absolute Gasteiger partial charge is 0.365 e. The Hall–Kier alpha value is -3.54. The van der Waals surface area contributed by atoms with E-state index in [4.69, 9.17) is 4.52 Å². The number of rotatable bonds is 5. The van der Waals surface area contributed by atoms with Crippen LogP contribution in [0.4, 0.5) is 5.82 Å². The van der Waals surface area contributed by atoms with Crippen LogP contribution in [0.25, 0.3) is 23.0 Å². The first-order chi connectivity index (χ1) is 12.4. The molecule has 0 aliphatic rings. The van der Waals surface area contributed by atoms with Crippen molar-refractivity contribution in [3.8, 4) is 23.0 Å². The third-order valence-electron chi connectivity index (χ3n) is 3.66. The molecular weight excluding hydrogens is 314 g/mol. The van der Waals surface area contributed by atoms with Gasteiger partial charge in [0.05, 0.1) is 0 Å². The third kappa shape index (κ3) is 3.53. The molecule has 25 heavy (non-hydrogen) atoms. The number of anilines is 1. The van der Waals surface area contributed by atoms with Crippen LogP contribution in [0, 0.1) is 0 Å². The van der Waals surface area contributed by atoms with Gasteiger partial charge in [0.25, 0.3) is 5.89 Å². The van der Waals surface area contributed by atoms with Crippen LogP contribution in [-0.2, 0) is 6.54 Å². The van der Waals surface area contributed by atoms with Crippen LogP contribution < -0.4 is 5.32 Å². The summed E-state index contributed by atoms with van der Waals surface area (Å²) in [5.41, 5.74) is 2.62. The molecule has 4 aromatic rings. The first-order valence-corrected chi connectivity index (χ1v) is 7.89.